The van der Waals surface area contributed by atoms with Gasteiger partial charge in [-0.2, -0.15) is 5.10 Å². The molecule has 1 amide bonds. The third-order valence-corrected chi connectivity index (χ3v) is 5.15. The number of carbonyl (C=O) groups excluding carboxylic acids is 1. The van der Waals surface area contributed by atoms with E-state index >= 15 is 0 Å². The first-order chi connectivity index (χ1) is 14.0. The Balaban J connectivity index is 1.60. The number of anilines is 2. The molecule has 29 heavy (non-hydrogen) atoms. The molecule has 0 atom stereocenters. The summed E-state index contributed by atoms with van der Waals surface area (Å²) in [5.74, 6) is 0.350. The van der Waals surface area contributed by atoms with Gasteiger partial charge < -0.3 is 9.73 Å². The number of nitrogens with one attached hydrogen (secondary N) is 2. The first-order valence-electron chi connectivity index (χ1n) is 9.29. The number of aryl methyl sites for hydroxylation is 1. The predicted molar refractivity (Wildman–Crippen MR) is 112 cm³/mol. The molecule has 0 radical (unpaired) electrons. The summed E-state index contributed by atoms with van der Waals surface area (Å²) in [5.41, 5.74) is 6.58. The van der Waals surface area contributed by atoms with Gasteiger partial charge in [-0.05, 0) is 56.2 Å². The summed E-state index contributed by atoms with van der Waals surface area (Å²) in [6.07, 6.45) is 2.37. The maximum atomic E-state index is 13.1. The molecule has 0 saturated heterocycles. The van der Waals surface area contributed by atoms with Gasteiger partial charge in [0.15, 0.2) is 5.76 Å². The number of furan rings is 1. The van der Waals surface area contributed by atoms with Gasteiger partial charge in [0.25, 0.3) is 5.91 Å². The summed E-state index contributed by atoms with van der Waals surface area (Å²) in [4.78, 5) is 12.8. The quantitative estimate of drug-likeness (QED) is 0.534. The average molecular weight is 412 g/mol. The molecule has 1 aromatic heterocycles. The molecule has 1 aliphatic rings. The third kappa shape index (κ3) is 4.03. The van der Waals surface area contributed by atoms with E-state index in [0.29, 0.717) is 16.4 Å². The highest BCUT2D eigenvalue weighted by molar-refractivity contribution is 6.33. The van der Waals surface area contributed by atoms with Gasteiger partial charge in [-0.1, -0.05) is 23.7 Å². The van der Waals surface area contributed by atoms with Crippen LogP contribution in [0.1, 0.15) is 40.3 Å². The fourth-order valence-electron chi connectivity index (χ4n) is 3.39. The Morgan fingerprint density at radius 2 is 1.90 bits per heavy atom. The van der Waals surface area contributed by atoms with Crippen molar-refractivity contribution < 1.29 is 13.6 Å². The van der Waals surface area contributed by atoms with E-state index in [0.717, 1.165) is 41.9 Å². The Labute approximate surface area is 172 Å². The number of nitrogens with zero attached hydrogens (tertiary/aromatic N) is 1. The summed E-state index contributed by atoms with van der Waals surface area (Å²) < 4.78 is 19.0. The SMILES string of the molecule is Cc1c(C(=O)Nc2ccccc2Cl)oc2c1/C(=N/Nc1ccc(F)cc1)CCC2. The number of hydrogen-bond acceptors (Lipinski definition) is 4. The lowest BCUT2D eigenvalue weighted by atomic mass is 9.93. The molecule has 1 heterocycles. The number of carbonyl (C=O) groups is 1. The largest absolute Gasteiger partial charge is 0.455 e. The third-order valence-electron chi connectivity index (χ3n) is 4.82. The van der Waals surface area contributed by atoms with Gasteiger partial charge >= 0.3 is 0 Å². The number of fused-ring (bicyclic) bond motifs is 1. The summed E-state index contributed by atoms with van der Waals surface area (Å²) in [6, 6.07) is 13.0. The van der Waals surface area contributed by atoms with Crippen LogP contribution in [-0.4, -0.2) is 11.6 Å². The Morgan fingerprint density at radius 3 is 2.66 bits per heavy atom. The Hall–Kier alpha value is -3.12. The minimum atomic E-state index is -0.351. The summed E-state index contributed by atoms with van der Waals surface area (Å²) >= 11 is 6.13. The summed E-state index contributed by atoms with van der Waals surface area (Å²) in [6.45, 7) is 1.85. The fraction of sp³-hybridized carbons (Fsp3) is 0.182. The highest BCUT2D eigenvalue weighted by atomic mass is 35.5. The lowest BCUT2D eigenvalue weighted by molar-refractivity contribution is 0.0994. The van der Waals surface area contributed by atoms with Crippen molar-refractivity contribution in [3.63, 3.8) is 0 Å². The zero-order chi connectivity index (χ0) is 20.4. The molecule has 148 valence electrons. The standard InChI is InChI=1S/C22H19ClFN3O2/c1-13-20-18(27-26-15-11-9-14(24)10-12-15)7-4-8-19(20)29-21(13)22(28)25-17-6-3-2-5-16(17)23/h2-3,5-6,9-12,26H,4,7-8H2,1H3,(H,25,28)/b27-18+. The van der Waals surface area contributed by atoms with E-state index in [-0.39, 0.29) is 17.5 Å². The van der Waals surface area contributed by atoms with E-state index in [4.69, 9.17) is 16.0 Å². The second-order valence-corrected chi connectivity index (χ2v) is 7.23. The number of benzene rings is 2. The van der Waals surface area contributed by atoms with E-state index in [1.165, 1.54) is 12.1 Å². The van der Waals surface area contributed by atoms with Crippen molar-refractivity contribution >= 4 is 34.6 Å². The van der Waals surface area contributed by atoms with Crippen molar-refractivity contribution in [3.05, 3.63) is 82.0 Å². The van der Waals surface area contributed by atoms with Gasteiger partial charge in [0.1, 0.15) is 11.6 Å². The number of hydrazone groups is 1. The number of para-hydroxylation sites is 1. The van der Waals surface area contributed by atoms with Crippen LogP contribution in [0.2, 0.25) is 5.02 Å². The van der Waals surface area contributed by atoms with E-state index in [1.807, 2.05) is 6.92 Å². The number of halogens is 2. The molecule has 5 nitrogen and oxygen atoms in total. The second-order valence-electron chi connectivity index (χ2n) is 6.82. The smallest absolute Gasteiger partial charge is 0.291 e. The molecule has 0 spiro atoms. The van der Waals surface area contributed by atoms with Gasteiger partial charge in [0, 0.05) is 17.5 Å². The van der Waals surface area contributed by atoms with Crippen LogP contribution >= 0.6 is 11.6 Å². The maximum absolute atomic E-state index is 13.1. The molecular weight excluding hydrogens is 393 g/mol. The molecule has 2 N–H and O–H groups in total. The summed E-state index contributed by atoms with van der Waals surface area (Å²) in [5, 5.41) is 7.75. The van der Waals surface area contributed by atoms with Crippen LogP contribution in [0.4, 0.5) is 15.8 Å². The molecule has 0 saturated carbocycles. The first-order valence-corrected chi connectivity index (χ1v) is 9.67. The number of rotatable bonds is 4. The highest BCUT2D eigenvalue weighted by Crippen LogP contribution is 2.31. The van der Waals surface area contributed by atoms with Crippen molar-refractivity contribution in [1.82, 2.24) is 0 Å². The normalized spacial score (nSPS) is 14.5. The van der Waals surface area contributed by atoms with Crippen molar-refractivity contribution in [1.29, 1.82) is 0 Å². The van der Waals surface area contributed by atoms with Crippen molar-refractivity contribution in [3.8, 4) is 0 Å². The van der Waals surface area contributed by atoms with Crippen LogP contribution in [0, 0.1) is 12.7 Å². The van der Waals surface area contributed by atoms with E-state index in [1.54, 1.807) is 36.4 Å². The lowest BCUT2D eigenvalue weighted by Crippen LogP contribution is -2.14. The zero-order valence-corrected chi connectivity index (χ0v) is 16.5. The van der Waals surface area contributed by atoms with Gasteiger partial charge in [-0.15, -0.1) is 0 Å². The van der Waals surface area contributed by atoms with Gasteiger partial charge in [0.2, 0.25) is 0 Å². The fourth-order valence-corrected chi connectivity index (χ4v) is 3.58. The Morgan fingerprint density at radius 1 is 1.14 bits per heavy atom. The van der Waals surface area contributed by atoms with Crippen LogP contribution in [0.15, 0.2) is 58.0 Å². The molecule has 0 fully saturated rings. The van der Waals surface area contributed by atoms with Crippen molar-refractivity contribution in [2.24, 2.45) is 5.10 Å². The number of amides is 1. The minimum Gasteiger partial charge on any atom is -0.455 e. The van der Waals surface area contributed by atoms with Crippen LogP contribution in [0.5, 0.6) is 0 Å². The molecule has 4 rings (SSSR count). The summed E-state index contributed by atoms with van der Waals surface area (Å²) in [7, 11) is 0. The van der Waals surface area contributed by atoms with Crippen LogP contribution < -0.4 is 10.7 Å². The molecule has 0 unspecified atom stereocenters. The van der Waals surface area contributed by atoms with E-state index < -0.39 is 0 Å². The monoisotopic (exact) mass is 411 g/mol. The van der Waals surface area contributed by atoms with E-state index in [9.17, 15) is 9.18 Å². The molecule has 0 bridgehead atoms. The predicted octanol–water partition coefficient (Wildman–Crippen LogP) is 5.79. The first kappa shape index (κ1) is 19.2. The van der Waals surface area contributed by atoms with Crippen molar-refractivity contribution in [2.45, 2.75) is 26.2 Å². The molecule has 3 aromatic rings. The van der Waals surface area contributed by atoms with Gasteiger partial charge in [0.05, 0.1) is 22.1 Å². The Kier molecular flexibility index (Phi) is 5.36. The highest BCUT2D eigenvalue weighted by Gasteiger charge is 2.28. The van der Waals surface area contributed by atoms with Crippen LogP contribution in [0.25, 0.3) is 0 Å². The molecular formula is C22H19ClFN3O2. The number of hydrogen-bond donors (Lipinski definition) is 2. The average Bonchev–Trinajstić information content (AvgIpc) is 3.07. The topological polar surface area (TPSA) is 66.6 Å². The molecule has 1 aliphatic carbocycles. The second kappa shape index (κ2) is 8.09. The minimum absolute atomic E-state index is 0.256. The Bertz CT molecular complexity index is 1090. The molecule has 0 aliphatic heterocycles. The van der Waals surface area contributed by atoms with Gasteiger partial charge in [-0.3, -0.25) is 10.2 Å². The maximum Gasteiger partial charge on any atom is 0.291 e. The zero-order valence-electron chi connectivity index (χ0n) is 15.8. The van der Waals surface area contributed by atoms with Crippen molar-refractivity contribution in [2.75, 3.05) is 10.7 Å². The van der Waals surface area contributed by atoms with Crippen LogP contribution in [-0.2, 0) is 6.42 Å². The lowest BCUT2D eigenvalue weighted by Gasteiger charge is -2.13. The molecule has 2 aromatic carbocycles. The van der Waals surface area contributed by atoms with Gasteiger partial charge in [-0.25, -0.2) is 4.39 Å². The van der Waals surface area contributed by atoms with Crippen LogP contribution in [0.3, 0.4) is 0 Å². The van der Waals surface area contributed by atoms with E-state index in [2.05, 4.69) is 15.8 Å². The molecule has 7 heteroatoms.